The van der Waals surface area contributed by atoms with E-state index in [2.05, 4.69) is 10.0 Å². The molecule has 0 unspecified atom stereocenters. The Balaban J connectivity index is 1.60. The first-order valence-electron chi connectivity index (χ1n) is 9.27. The minimum Gasteiger partial charge on any atom is -0.457 e. The minimum atomic E-state index is -3.55. The van der Waals surface area contributed by atoms with E-state index in [1.807, 2.05) is 0 Å². The molecule has 0 aliphatic rings. The van der Waals surface area contributed by atoms with Gasteiger partial charge in [0.15, 0.2) is 0 Å². The first-order chi connectivity index (χ1) is 14.8. The molecule has 160 valence electrons. The van der Waals surface area contributed by atoms with Crippen LogP contribution in [0.4, 0.5) is 0 Å². The van der Waals surface area contributed by atoms with E-state index in [-0.39, 0.29) is 17.3 Å². The third-order valence-corrected chi connectivity index (χ3v) is 5.83. The predicted molar refractivity (Wildman–Crippen MR) is 115 cm³/mol. The van der Waals surface area contributed by atoms with Crippen LogP contribution in [0.1, 0.15) is 26.3 Å². The Morgan fingerprint density at radius 2 is 1.48 bits per heavy atom. The van der Waals surface area contributed by atoms with Gasteiger partial charge in [-0.2, -0.15) is 0 Å². The smallest absolute Gasteiger partial charge is 0.251 e. The van der Waals surface area contributed by atoms with Gasteiger partial charge in [-0.25, -0.2) is 13.1 Å². The fourth-order valence-electron chi connectivity index (χ4n) is 2.72. The van der Waals surface area contributed by atoms with Crippen molar-refractivity contribution in [3.63, 3.8) is 0 Å². The number of rotatable bonds is 8. The third kappa shape index (κ3) is 5.68. The molecule has 8 nitrogen and oxygen atoms in total. The van der Waals surface area contributed by atoms with Gasteiger partial charge in [-0.05, 0) is 73.3 Å². The summed E-state index contributed by atoms with van der Waals surface area (Å²) in [4.78, 5) is 23.6. The highest BCUT2D eigenvalue weighted by molar-refractivity contribution is 7.89. The van der Waals surface area contributed by atoms with Crippen LogP contribution in [-0.2, 0) is 16.6 Å². The van der Waals surface area contributed by atoms with E-state index in [4.69, 9.17) is 10.5 Å². The van der Waals surface area contributed by atoms with Crippen molar-refractivity contribution in [2.75, 3.05) is 7.05 Å². The second-order valence-corrected chi connectivity index (χ2v) is 8.44. The molecular weight excluding hydrogens is 418 g/mol. The number of hydrogen-bond donors (Lipinski definition) is 3. The summed E-state index contributed by atoms with van der Waals surface area (Å²) in [5.74, 6) is 0.225. The average Bonchev–Trinajstić information content (AvgIpc) is 2.78. The van der Waals surface area contributed by atoms with Crippen LogP contribution in [0.2, 0.25) is 0 Å². The summed E-state index contributed by atoms with van der Waals surface area (Å²) in [6, 6.07) is 19.3. The summed E-state index contributed by atoms with van der Waals surface area (Å²) in [5.41, 5.74) is 6.67. The number of ether oxygens (including phenoxy) is 1. The van der Waals surface area contributed by atoms with Crippen LogP contribution >= 0.6 is 0 Å². The molecule has 0 heterocycles. The van der Waals surface area contributed by atoms with E-state index in [0.29, 0.717) is 28.2 Å². The molecule has 0 aliphatic carbocycles. The molecule has 4 N–H and O–H groups in total. The Bertz CT molecular complexity index is 1190. The average molecular weight is 439 g/mol. The largest absolute Gasteiger partial charge is 0.457 e. The normalized spacial score (nSPS) is 11.0. The maximum Gasteiger partial charge on any atom is 0.251 e. The van der Waals surface area contributed by atoms with Crippen LogP contribution in [0.3, 0.4) is 0 Å². The number of carbonyl (C=O) groups is 2. The second-order valence-electron chi connectivity index (χ2n) is 6.55. The van der Waals surface area contributed by atoms with Crippen molar-refractivity contribution in [3.8, 4) is 11.5 Å². The number of sulfonamides is 1. The summed E-state index contributed by atoms with van der Waals surface area (Å²) in [6.07, 6.45) is 0. The minimum absolute atomic E-state index is 0.132. The van der Waals surface area contributed by atoms with Crippen LogP contribution < -0.4 is 20.5 Å². The van der Waals surface area contributed by atoms with Crippen molar-refractivity contribution in [1.82, 2.24) is 10.0 Å². The molecule has 2 amide bonds. The van der Waals surface area contributed by atoms with Crippen LogP contribution in [0, 0.1) is 0 Å². The van der Waals surface area contributed by atoms with Gasteiger partial charge >= 0.3 is 0 Å². The lowest BCUT2D eigenvalue weighted by molar-refractivity contribution is 0.0949. The zero-order valence-corrected chi connectivity index (χ0v) is 17.5. The summed E-state index contributed by atoms with van der Waals surface area (Å²) in [5, 5.41) is 2.76. The van der Waals surface area contributed by atoms with Gasteiger partial charge in [-0.1, -0.05) is 12.1 Å². The molecule has 0 fully saturated rings. The summed E-state index contributed by atoms with van der Waals surface area (Å²) in [6.45, 7) is 0.177. The Hall–Kier alpha value is -3.69. The molecule has 9 heteroatoms. The maximum atomic E-state index is 12.4. The van der Waals surface area contributed by atoms with E-state index in [1.54, 1.807) is 60.7 Å². The monoisotopic (exact) mass is 439 g/mol. The molecule has 0 bridgehead atoms. The second kappa shape index (κ2) is 9.41. The van der Waals surface area contributed by atoms with Gasteiger partial charge in [0.1, 0.15) is 11.5 Å². The van der Waals surface area contributed by atoms with Crippen molar-refractivity contribution in [2.45, 2.75) is 11.4 Å². The molecule has 0 aliphatic heterocycles. The zero-order chi connectivity index (χ0) is 22.4. The van der Waals surface area contributed by atoms with Gasteiger partial charge in [0.05, 0.1) is 4.90 Å². The maximum absolute atomic E-state index is 12.4. The van der Waals surface area contributed by atoms with E-state index in [9.17, 15) is 18.0 Å². The highest BCUT2D eigenvalue weighted by Crippen LogP contribution is 2.22. The fourth-order valence-corrected chi connectivity index (χ4v) is 3.52. The molecule has 3 aromatic carbocycles. The summed E-state index contributed by atoms with van der Waals surface area (Å²) >= 11 is 0. The van der Waals surface area contributed by atoms with Gasteiger partial charge in [0.2, 0.25) is 15.9 Å². The molecule has 0 radical (unpaired) electrons. The summed E-state index contributed by atoms with van der Waals surface area (Å²) < 4.78 is 31.7. The number of amides is 2. The van der Waals surface area contributed by atoms with E-state index in [1.165, 1.54) is 19.2 Å². The molecule has 0 saturated heterocycles. The topological polar surface area (TPSA) is 128 Å². The number of nitrogens with two attached hydrogens (primary N) is 1. The lowest BCUT2D eigenvalue weighted by Crippen LogP contribution is -2.23. The van der Waals surface area contributed by atoms with Crippen LogP contribution in [0.25, 0.3) is 0 Å². The number of primary amides is 1. The first kappa shape index (κ1) is 22.0. The predicted octanol–water partition coefficient (Wildman–Crippen LogP) is 2.42. The lowest BCUT2D eigenvalue weighted by atomic mass is 10.2. The van der Waals surface area contributed by atoms with E-state index >= 15 is 0 Å². The van der Waals surface area contributed by atoms with Gasteiger partial charge in [-0.15, -0.1) is 0 Å². The Morgan fingerprint density at radius 1 is 0.903 bits per heavy atom. The lowest BCUT2D eigenvalue weighted by Gasteiger charge is -2.09. The molecule has 0 atom stereocenters. The SMILES string of the molecule is CNS(=O)(=O)c1cccc(CNC(=O)c2ccc(Oc3ccc(C(N)=O)cc3)cc2)c1. The highest BCUT2D eigenvalue weighted by atomic mass is 32.2. The van der Waals surface area contributed by atoms with Crippen LogP contribution in [-0.4, -0.2) is 27.3 Å². The van der Waals surface area contributed by atoms with Crippen molar-refractivity contribution in [3.05, 3.63) is 89.5 Å². The van der Waals surface area contributed by atoms with Crippen molar-refractivity contribution in [1.29, 1.82) is 0 Å². The number of carbonyl (C=O) groups excluding carboxylic acids is 2. The van der Waals surface area contributed by atoms with Gasteiger partial charge in [0, 0.05) is 17.7 Å². The van der Waals surface area contributed by atoms with Crippen LogP contribution in [0.5, 0.6) is 11.5 Å². The van der Waals surface area contributed by atoms with Crippen molar-refractivity contribution < 1.29 is 22.7 Å². The standard InChI is InChI=1S/C22H21N3O5S/c1-24-31(28,29)20-4-2-3-15(13-20)14-25-22(27)17-7-11-19(12-8-17)30-18-9-5-16(6-10-18)21(23)26/h2-13,24H,14H2,1H3,(H2,23,26)(H,25,27). The molecule has 0 saturated carbocycles. The van der Waals surface area contributed by atoms with Gasteiger partial charge in [-0.3, -0.25) is 9.59 Å². The fraction of sp³-hybridized carbons (Fsp3) is 0.0909. The quantitative estimate of drug-likeness (QED) is 0.497. The molecule has 31 heavy (non-hydrogen) atoms. The zero-order valence-electron chi connectivity index (χ0n) is 16.7. The molecule has 3 rings (SSSR count). The number of nitrogens with one attached hydrogen (secondary N) is 2. The molecule has 3 aromatic rings. The number of hydrogen-bond acceptors (Lipinski definition) is 5. The third-order valence-electron chi connectivity index (χ3n) is 4.42. The number of benzene rings is 3. The Labute approximate surface area is 180 Å². The van der Waals surface area contributed by atoms with E-state index in [0.717, 1.165) is 0 Å². The Kier molecular flexibility index (Phi) is 6.68. The highest BCUT2D eigenvalue weighted by Gasteiger charge is 2.12. The van der Waals surface area contributed by atoms with Gasteiger partial charge in [0.25, 0.3) is 5.91 Å². The van der Waals surface area contributed by atoms with E-state index < -0.39 is 15.9 Å². The molecular formula is C22H21N3O5S. The first-order valence-corrected chi connectivity index (χ1v) is 10.8. The van der Waals surface area contributed by atoms with Crippen molar-refractivity contribution in [2.24, 2.45) is 5.73 Å². The molecule has 0 aromatic heterocycles. The van der Waals surface area contributed by atoms with Crippen LogP contribution in [0.15, 0.2) is 77.7 Å². The summed E-state index contributed by atoms with van der Waals surface area (Å²) in [7, 11) is -2.21. The van der Waals surface area contributed by atoms with Gasteiger partial charge < -0.3 is 15.8 Å². The van der Waals surface area contributed by atoms with Crippen molar-refractivity contribution >= 4 is 21.8 Å². The molecule has 0 spiro atoms. The Morgan fingerprint density at radius 3 is 2.03 bits per heavy atom.